The molecule has 1 heterocycles. The second-order valence-corrected chi connectivity index (χ2v) is 5.29. The molecule has 1 aliphatic heterocycles. The van der Waals surface area contributed by atoms with Gasteiger partial charge in [0.1, 0.15) is 0 Å². The van der Waals surface area contributed by atoms with Gasteiger partial charge in [-0.05, 0) is 22.8 Å². The number of amides is 1. The van der Waals surface area contributed by atoms with Gasteiger partial charge in [0.2, 0.25) is 5.91 Å². The van der Waals surface area contributed by atoms with Crippen molar-refractivity contribution < 1.29 is 9.90 Å². The lowest BCUT2D eigenvalue weighted by molar-refractivity contribution is -0.115. The first-order valence-corrected chi connectivity index (χ1v) is 6.81. The summed E-state index contributed by atoms with van der Waals surface area (Å²) in [7, 11) is 0. The Morgan fingerprint density at radius 2 is 1.85 bits per heavy atom. The largest absolute Gasteiger partial charge is 0.388 e. The third-order valence-corrected chi connectivity index (χ3v) is 3.89. The molecule has 0 fully saturated rings. The minimum Gasteiger partial charge on any atom is -0.388 e. The Morgan fingerprint density at radius 1 is 1.10 bits per heavy atom. The van der Waals surface area contributed by atoms with Crippen LogP contribution < -0.4 is 5.32 Å². The summed E-state index contributed by atoms with van der Waals surface area (Å²) in [5.41, 5.74) is 3.79. The van der Waals surface area contributed by atoms with Gasteiger partial charge in [0.15, 0.2) is 0 Å². The number of carbonyl (C=O) groups excluding carboxylic acids is 1. The third kappa shape index (κ3) is 2.32. The average Bonchev–Trinajstić information content (AvgIpc) is 2.85. The number of fused-ring (bicyclic) bond motifs is 1. The second-order valence-electron chi connectivity index (χ2n) is 5.29. The molecule has 2 aromatic rings. The van der Waals surface area contributed by atoms with E-state index in [1.807, 2.05) is 55.5 Å². The van der Waals surface area contributed by atoms with Gasteiger partial charge >= 0.3 is 0 Å². The predicted molar refractivity (Wildman–Crippen MR) is 78.6 cm³/mol. The summed E-state index contributed by atoms with van der Waals surface area (Å²) >= 11 is 0. The molecule has 2 N–H and O–H groups in total. The molecule has 2 unspecified atom stereocenters. The Labute approximate surface area is 118 Å². The second kappa shape index (κ2) is 5.10. The maximum absolute atomic E-state index is 11.4. The molecule has 2 aromatic carbocycles. The van der Waals surface area contributed by atoms with Gasteiger partial charge in [0.25, 0.3) is 0 Å². The fraction of sp³-hybridized carbons (Fsp3) is 0.235. The minimum atomic E-state index is -0.571. The summed E-state index contributed by atoms with van der Waals surface area (Å²) in [6.07, 6.45) is -0.173. The monoisotopic (exact) mass is 267 g/mol. The summed E-state index contributed by atoms with van der Waals surface area (Å²) < 4.78 is 0. The molecule has 0 radical (unpaired) electrons. The standard InChI is InChI=1S/C17H17NO2/c1-11(12-5-3-2-4-6-12)17(20)13-7-8-15-14(9-13)10-16(19)18-15/h2-9,11,17,20H,10H2,1H3,(H,18,19). The zero-order valence-electron chi connectivity index (χ0n) is 11.3. The summed E-state index contributed by atoms with van der Waals surface area (Å²) in [5.74, 6) is 0.0297. The van der Waals surface area contributed by atoms with Crippen molar-refractivity contribution >= 4 is 11.6 Å². The minimum absolute atomic E-state index is 0.0133. The molecule has 2 atom stereocenters. The van der Waals surface area contributed by atoms with Crippen LogP contribution in [0.4, 0.5) is 5.69 Å². The lowest BCUT2D eigenvalue weighted by Gasteiger charge is -2.20. The summed E-state index contributed by atoms with van der Waals surface area (Å²) in [6, 6.07) is 15.6. The lowest BCUT2D eigenvalue weighted by Crippen LogP contribution is -2.07. The van der Waals surface area contributed by atoms with Crippen LogP contribution in [-0.4, -0.2) is 11.0 Å². The van der Waals surface area contributed by atoms with Crippen molar-refractivity contribution in [2.24, 2.45) is 0 Å². The van der Waals surface area contributed by atoms with E-state index in [0.29, 0.717) is 6.42 Å². The van der Waals surface area contributed by atoms with E-state index in [2.05, 4.69) is 5.32 Å². The van der Waals surface area contributed by atoms with Crippen molar-refractivity contribution in [1.82, 2.24) is 0 Å². The molecule has 0 saturated carbocycles. The predicted octanol–water partition coefficient (Wildman–Crippen LogP) is 3.02. The van der Waals surface area contributed by atoms with E-state index >= 15 is 0 Å². The van der Waals surface area contributed by atoms with Crippen LogP contribution in [0.2, 0.25) is 0 Å². The van der Waals surface area contributed by atoms with Gasteiger partial charge in [-0.25, -0.2) is 0 Å². The maximum Gasteiger partial charge on any atom is 0.228 e. The summed E-state index contributed by atoms with van der Waals surface area (Å²) in [6.45, 7) is 2.01. The molecule has 0 bridgehead atoms. The summed E-state index contributed by atoms with van der Waals surface area (Å²) in [4.78, 5) is 11.4. The number of hydrogen-bond donors (Lipinski definition) is 2. The van der Waals surface area contributed by atoms with Gasteiger partial charge < -0.3 is 10.4 Å². The Kier molecular flexibility index (Phi) is 3.28. The van der Waals surface area contributed by atoms with Crippen molar-refractivity contribution in [2.45, 2.75) is 25.4 Å². The van der Waals surface area contributed by atoms with E-state index in [0.717, 1.165) is 22.4 Å². The molecule has 3 heteroatoms. The van der Waals surface area contributed by atoms with Crippen molar-refractivity contribution in [3.05, 3.63) is 65.2 Å². The zero-order valence-corrected chi connectivity index (χ0v) is 11.3. The van der Waals surface area contributed by atoms with E-state index in [1.165, 1.54) is 0 Å². The fourth-order valence-electron chi connectivity index (χ4n) is 2.66. The highest BCUT2D eigenvalue weighted by Crippen LogP contribution is 2.33. The first kappa shape index (κ1) is 12.9. The van der Waals surface area contributed by atoms with Crippen molar-refractivity contribution in [3.8, 4) is 0 Å². The van der Waals surface area contributed by atoms with Gasteiger partial charge in [0, 0.05) is 11.6 Å². The molecule has 102 valence electrons. The number of nitrogens with one attached hydrogen (secondary N) is 1. The SMILES string of the molecule is CC(c1ccccc1)C(O)c1ccc2c(c1)CC(=O)N2. The van der Waals surface area contributed by atoms with Gasteiger partial charge in [0.05, 0.1) is 12.5 Å². The van der Waals surface area contributed by atoms with Crippen LogP contribution in [0.25, 0.3) is 0 Å². The van der Waals surface area contributed by atoms with E-state index in [-0.39, 0.29) is 11.8 Å². The van der Waals surface area contributed by atoms with Gasteiger partial charge in [-0.3, -0.25) is 4.79 Å². The van der Waals surface area contributed by atoms with E-state index < -0.39 is 6.10 Å². The Balaban J connectivity index is 1.86. The van der Waals surface area contributed by atoms with Gasteiger partial charge in [-0.15, -0.1) is 0 Å². The first-order chi connectivity index (χ1) is 9.65. The number of benzene rings is 2. The third-order valence-electron chi connectivity index (χ3n) is 3.89. The molecule has 3 rings (SSSR count). The number of anilines is 1. The van der Waals surface area contributed by atoms with Crippen LogP contribution in [0.5, 0.6) is 0 Å². The molecule has 0 aromatic heterocycles. The first-order valence-electron chi connectivity index (χ1n) is 6.81. The normalized spacial score (nSPS) is 16.4. The molecule has 1 aliphatic rings. The molecule has 0 saturated heterocycles. The van der Waals surface area contributed by atoms with Crippen LogP contribution in [0.1, 0.15) is 35.6 Å². The summed E-state index contributed by atoms with van der Waals surface area (Å²) in [5, 5.41) is 13.3. The van der Waals surface area contributed by atoms with E-state index in [1.54, 1.807) is 0 Å². The number of rotatable bonds is 3. The molecule has 3 nitrogen and oxygen atoms in total. The van der Waals surface area contributed by atoms with Gasteiger partial charge in [-0.1, -0.05) is 49.4 Å². The van der Waals surface area contributed by atoms with Crippen molar-refractivity contribution in [2.75, 3.05) is 5.32 Å². The highest BCUT2D eigenvalue weighted by molar-refractivity contribution is 5.99. The number of aliphatic hydroxyl groups is 1. The van der Waals surface area contributed by atoms with Crippen molar-refractivity contribution in [3.63, 3.8) is 0 Å². The van der Waals surface area contributed by atoms with Crippen LogP contribution in [0.15, 0.2) is 48.5 Å². The molecule has 0 aliphatic carbocycles. The van der Waals surface area contributed by atoms with E-state index in [4.69, 9.17) is 0 Å². The quantitative estimate of drug-likeness (QED) is 0.898. The number of hydrogen-bond acceptors (Lipinski definition) is 2. The lowest BCUT2D eigenvalue weighted by atomic mass is 9.90. The van der Waals surface area contributed by atoms with Crippen LogP contribution in [0, 0.1) is 0 Å². The maximum atomic E-state index is 11.4. The topological polar surface area (TPSA) is 49.3 Å². The molecular formula is C17H17NO2. The van der Waals surface area contributed by atoms with Crippen LogP contribution in [0.3, 0.4) is 0 Å². The molecule has 0 spiro atoms. The number of aliphatic hydroxyl groups excluding tert-OH is 1. The van der Waals surface area contributed by atoms with E-state index in [9.17, 15) is 9.90 Å². The van der Waals surface area contributed by atoms with Gasteiger partial charge in [-0.2, -0.15) is 0 Å². The average molecular weight is 267 g/mol. The zero-order chi connectivity index (χ0) is 14.1. The molecule has 20 heavy (non-hydrogen) atoms. The number of carbonyl (C=O) groups is 1. The highest BCUT2D eigenvalue weighted by Gasteiger charge is 2.22. The Hall–Kier alpha value is -2.13. The molecular weight excluding hydrogens is 250 g/mol. The highest BCUT2D eigenvalue weighted by atomic mass is 16.3. The smallest absolute Gasteiger partial charge is 0.228 e. The Morgan fingerprint density at radius 3 is 2.60 bits per heavy atom. The van der Waals surface area contributed by atoms with Crippen molar-refractivity contribution in [1.29, 1.82) is 0 Å². The molecule has 1 amide bonds. The Bertz CT molecular complexity index is 637. The van der Waals surface area contributed by atoms with Crippen LogP contribution in [-0.2, 0) is 11.2 Å². The fourth-order valence-corrected chi connectivity index (χ4v) is 2.66. The van der Waals surface area contributed by atoms with Crippen LogP contribution >= 0.6 is 0 Å².